The molecule has 1 aromatic heterocycles. The van der Waals surface area contributed by atoms with E-state index in [2.05, 4.69) is 68.6 Å². The molecule has 0 bridgehead atoms. The molecule has 3 aliphatic heterocycles. The van der Waals surface area contributed by atoms with Gasteiger partial charge in [0.05, 0.1) is 5.69 Å². The highest BCUT2D eigenvalue weighted by Crippen LogP contribution is 2.34. The first-order valence-corrected chi connectivity index (χ1v) is 12.5. The number of likely N-dealkylation sites (tertiary alicyclic amines) is 1. The van der Waals surface area contributed by atoms with E-state index in [1.165, 1.54) is 27.6 Å². The van der Waals surface area contributed by atoms with Gasteiger partial charge in [0.15, 0.2) is 0 Å². The monoisotopic (exact) mass is 440 g/mol. The molecule has 1 N–H and O–H groups in total. The van der Waals surface area contributed by atoms with E-state index < -0.39 is 0 Å². The highest BCUT2D eigenvalue weighted by Gasteiger charge is 2.34. The lowest BCUT2D eigenvalue weighted by Crippen LogP contribution is -2.46. The standard InChI is InChI=1S/C28H32N4O/c33-28-26-8-7-22(16-23(26)18-32(28)24-5-3-12-29-17-24)20-10-14-31(15-11-20)19-27-25-6-2-1-4-21(25)9-13-30-27/h1-2,4,6-9,13,16,20,24,29H,3,5,10-12,14-15,17-19H2. The van der Waals surface area contributed by atoms with Crippen LogP contribution in [0.1, 0.15) is 58.8 Å². The normalized spacial score (nSPS) is 22.1. The third-order valence-electron chi connectivity index (χ3n) is 7.86. The number of fused-ring (bicyclic) bond motifs is 2. The van der Waals surface area contributed by atoms with Crippen molar-refractivity contribution >= 4 is 16.7 Å². The van der Waals surface area contributed by atoms with Gasteiger partial charge in [0, 0.05) is 42.8 Å². The topological polar surface area (TPSA) is 48.5 Å². The van der Waals surface area contributed by atoms with Crippen molar-refractivity contribution < 1.29 is 4.79 Å². The van der Waals surface area contributed by atoms with Gasteiger partial charge in [-0.25, -0.2) is 0 Å². The molecule has 0 aliphatic carbocycles. The molecule has 2 saturated heterocycles. The van der Waals surface area contributed by atoms with Crippen LogP contribution in [0.2, 0.25) is 0 Å². The van der Waals surface area contributed by atoms with Crippen molar-refractivity contribution in [2.45, 2.75) is 50.7 Å². The molecular weight excluding hydrogens is 408 g/mol. The molecule has 170 valence electrons. The molecule has 2 aromatic carbocycles. The molecule has 33 heavy (non-hydrogen) atoms. The summed E-state index contributed by atoms with van der Waals surface area (Å²) in [4.78, 5) is 22.3. The molecule has 1 atom stereocenters. The smallest absolute Gasteiger partial charge is 0.254 e. The van der Waals surface area contributed by atoms with Gasteiger partial charge in [-0.1, -0.05) is 36.4 Å². The van der Waals surface area contributed by atoms with Crippen LogP contribution in [-0.4, -0.2) is 52.9 Å². The minimum Gasteiger partial charge on any atom is -0.330 e. The van der Waals surface area contributed by atoms with Crippen LogP contribution in [0.5, 0.6) is 0 Å². The minimum absolute atomic E-state index is 0.225. The Labute approximate surface area is 195 Å². The fourth-order valence-corrected chi connectivity index (χ4v) is 5.96. The molecule has 4 heterocycles. The van der Waals surface area contributed by atoms with Crippen LogP contribution in [0, 0.1) is 0 Å². The SMILES string of the molecule is O=C1c2ccc(C3CCN(Cc4nccc5ccccc45)CC3)cc2CN1C1CCCNC1. The number of piperidine rings is 2. The van der Waals surface area contributed by atoms with E-state index in [1.54, 1.807) is 0 Å². The average molecular weight is 441 g/mol. The van der Waals surface area contributed by atoms with E-state index in [0.717, 1.165) is 70.5 Å². The Bertz CT molecular complexity index is 1160. The number of nitrogens with one attached hydrogen (secondary N) is 1. The largest absolute Gasteiger partial charge is 0.330 e. The molecule has 2 fully saturated rings. The summed E-state index contributed by atoms with van der Waals surface area (Å²) < 4.78 is 0. The number of hydrogen-bond acceptors (Lipinski definition) is 4. The number of benzene rings is 2. The van der Waals surface area contributed by atoms with Crippen molar-refractivity contribution in [3.63, 3.8) is 0 Å². The Balaban J connectivity index is 1.11. The molecule has 5 nitrogen and oxygen atoms in total. The summed E-state index contributed by atoms with van der Waals surface area (Å²) >= 11 is 0. The number of carbonyl (C=O) groups excluding carboxylic acids is 1. The maximum Gasteiger partial charge on any atom is 0.254 e. The van der Waals surface area contributed by atoms with E-state index in [1.807, 2.05) is 6.20 Å². The van der Waals surface area contributed by atoms with Crippen LogP contribution < -0.4 is 5.32 Å². The van der Waals surface area contributed by atoms with Crippen LogP contribution in [0.25, 0.3) is 10.8 Å². The third-order valence-corrected chi connectivity index (χ3v) is 7.86. The van der Waals surface area contributed by atoms with E-state index in [0.29, 0.717) is 12.0 Å². The summed E-state index contributed by atoms with van der Waals surface area (Å²) in [6.45, 7) is 5.87. The van der Waals surface area contributed by atoms with Crippen LogP contribution in [0.3, 0.4) is 0 Å². The minimum atomic E-state index is 0.225. The Morgan fingerprint density at radius 2 is 1.91 bits per heavy atom. The van der Waals surface area contributed by atoms with Gasteiger partial charge in [-0.3, -0.25) is 14.7 Å². The number of carbonyl (C=O) groups is 1. The number of amides is 1. The Kier molecular flexibility index (Phi) is 5.60. The summed E-state index contributed by atoms with van der Waals surface area (Å²) in [7, 11) is 0. The molecule has 1 unspecified atom stereocenters. The Morgan fingerprint density at radius 3 is 2.76 bits per heavy atom. The lowest BCUT2D eigenvalue weighted by Gasteiger charge is -2.32. The Morgan fingerprint density at radius 1 is 1.03 bits per heavy atom. The number of nitrogens with zero attached hydrogens (tertiary/aromatic N) is 3. The second kappa shape index (κ2) is 8.88. The van der Waals surface area contributed by atoms with Gasteiger partial charge >= 0.3 is 0 Å². The van der Waals surface area contributed by atoms with Crippen molar-refractivity contribution in [3.05, 3.63) is 77.1 Å². The van der Waals surface area contributed by atoms with Crippen LogP contribution in [0.15, 0.2) is 54.7 Å². The molecular formula is C28H32N4O. The highest BCUT2D eigenvalue weighted by molar-refractivity contribution is 5.98. The van der Waals surface area contributed by atoms with Gasteiger partial charge in [-0.15, -0.1) is 0 Å². The molecule has 6 rings (SSSR count). The average Bonchev–Trinajstić information content (AvgIpc) is 3.21. The van der Waals surface area contributed by atoms with Gasteiger partial charge in [0.25, 0.3) is 5.91 Å². The van der Waals surface area contributed by atoms with E-state index >= 15 is 0 Å². The predicted octanol–water partition coefficient (Wildman–Crippen LogP) is 4.32. The van der Waals surface area contributed by atoms with Crippen molar-refractivity contribution in [2.75, 3.05) is 26.2 Å². The Hall–Kier alpha value is -2.76. The lowest BCUT2D eigenvalue weighted by molar-refractivity contribution is 0.0674. The lowest BCUT2D eigenvalue weighted by atomic mass is 9.88. The predicted molar refractivity (Wildman–Crippen MR) is 131 cm³/mol. The molecule has 0 radical (unpaired) electrons. The van der Waals surface area contributed by atoms with Crippen molar-refractivity contribution in [1.82, 2.24) is 20.1 Å². The van der Waals surface area contributed by atoms with Gasteiger partial charge in [-0.05, 0) is 79.9 Å². The summed E-state index contributed by atoms with van der Waals surface area (Å²) in [5, 5.41) is 5.98. The van der Waals surface area contributed by atoms with Crippen molar-refractivity contribution in [1.29, 1.82) is 0 Å². The second-order valence-electron chi connectivity index (χ2n) is 9.88. The molecule has 0 saturated carbocycles. The summed E-state index contributed by atoms with van der Waals surface area (Å²) in [5.74, 6) is 0.801. The highest BCUT2D eigenvalue weighted by atomic mass is 16.2. The van der Waals surface area contributed by atoms with Gasteiger partial charge in [-0.2, -0.15) is 0 Å². The summed E-state index contributed by atoms with van der Waals surface area (Å²) in [6.07, 6.45) is 6.52. The van der Waals surface area contributed by atoms with E-state index in [-0.39, 0.29) is 5.91 Å². The summed E-state index contributed by atoms with van der Waals surface area (Å²) in [5.41, 5.74) is 4.74. The maximum atomic E-state index is 13.0. The van der Waals surface area contributed by atoms with Crippen molar-refractivity contribution in [2.24, 2.45) is 0 Å². The van der Waals surface area contributed by atoms with Crippen LogP contribution >= 0.6 is 0 Å². The number of pyridine rings is 1. The van der Waals surface area contributed by atoms with Gasteiger partial charge in [0.2, 0.25) is 0 Å². The van der Waals surface area contributed by atoms with E-state index in [4.69, 9.17) is 0 Å². The van der Waals surface area contributed by atoms with Gasteiger partial charge < -0.3 is 10.2 Å². The molecule has 1 amide bonds. The molecule has 5 heteroatoms. The molecule has 3 aromatic rings. The quantitative estimate of drug-likeness (QED) is 0.656. The second-order valence-corrected chi connectivity index (χ2v) is 9.88. The van der Waals surface area contributed by atoms with Crippen LogP contribution in [0.4, 0.5) is 0 Å². The molecule has 3 aliphatic rings. The maximum absolute atomic E-state index is 13.0. The number of hydrogen-bond donors (Lipinski definition) is 1. The first-order valence-electron chi connectivity index (χ1n) is 12.5. The third kappa shape index (κ3) is 4.04. The zero-order valence-electron chi connectivity index (χ0n) is 19.2. The van der Waals surface area contributed by atoms with Gasteiger partial charge in [0.1, 0.15) is 0 Å². The van der Waals surface area contributed by atoms with Crippen LogP contribution in [-0.2, 0) is 13.1 Å². The fourth-order valence-electron chi connectivity index (χ4n) is 5.96. The number of rotatable bonds is 4. The zero-order chi connectivity index (χ0) is 22.2. The van der Waals surface area contributed by atoms with E-state index in [9.17, 15) is 4.79 Å². The fraction of sp³-hybridized carbons (Fsp3) is 0.429. The molecule has 0 spiro atoms. The first-order chi connectivity index (χ1) is 16.3. The number of aromatic nitrogens is 1. The zero-order valence-corrected chi connectivity index (χ0v) is 19.2. The summed E-state index contributed by atoms with van der Waals surface area (Å²) in [6, 6.07) is 17.6. The van der Waals surface area contributed by atoms with Crippen molar-refractivity contribution in [3.8, 4) is 0 Å². The first kappa shape index (κ1) is 20.8.